The molecule has 0 aliphatic rings. The number of tetrazole rings is 1. The molecule has 0 saturated carbocycles. The van der Waals surface area contributed by atoms with Gasteiger partial charge in [0, 0.05) is 17.8 Å². The molecule has 2 aromatic heterocycles. The van der Waals surface area contributed by atoms with Gasteiger partial charge in [-0.25, -0.2) is 4.68 Å². The van der Waals surface area contributed by atoms with E-state index in [-0.39, 0.29) is 6.04 Å². The second-order valence-corrected chi connectivity index (χ2v) is 5.30. The van der Waals surface area contributed by atoms with Crippen molar-refractivity contribution in [2.45, 2.75) is 25.9 Å². The first-order chi connectivity index (χ1) is 7.66. The van der Waals surface area contributed by atoms with Gasteiger partial charge in [-0.2, -0.15) is 0 Å². The maximum atomic E-state index is 5.85. The first kappa shape index (κ1) is 11.5. The van der Waals surface area contributed by atoms with E-state index >= 15 is 0 Å². The number of rotatable bonds is 4. The van der Waals surface area contributed by atoms with Crippen molar-refractivity contribution in [2.75, 3.05) is 0 Å². The van der Waals surface area contributed by atoms with Crippen LogP contribution in [0.25, 0.3) is 0 Å². The van der Waals surface area contributed by atoms with Crippen molar-refractivity contribution in [3.8, 4) is 0 Å². The normalized spacial score (nSPS) is 12.9. The summed E-state index contributed by atoms with van der Waals surface area (Å²) in [4.78, 5) is 1.22. The highest BCUT2D eigenvalue weighted by Crippen LogP contribution is 2.22. The molecule has 0 saturated heterocycles. The van der Waals surface area contributed by atoms with E-state index in [1.54, 1.807) is 16.0 Å². The van der Waals surface area contributed by atoms with E-state index < -0.39 is 0 Å². The summed E-state index contributed by atoms with van der Waals surface area (Å²) in [6.45, 7) is 2.59. The van der Waals surface area contributed by atoms with Crippen molar-refractivity contribution < 1.29 is 0 Å². The molecular weight excluding hydrogens is 246 g/mol. The van der Waals surface area contributed by atoms with Crippen LogP contribution in [0.3, 0.4) is 0 Å². The maximum Gasteiger partial charge on any atom is 0.167 e. The lowest BCUT2D eigenvalue weighted by molar-refractivity contribution is 0.545. The molecule has 0 aliphatic heterocycles. The van der Waals surface area contributed by atoms with E-state index in [4.69, 9.17) is 17.3 Å². The number of thiophene rings is 1. The van der Waals surface area contributed by atoms with Gasteiger partial charge in [-0.1, -0.05) is 11.6 Å². The zero-order chi connectivity index (χ0) is 11.5. The molecule has 0 radical (unpaired) electrons. The first-order valence-electron chi connectivity index (χ1n) is 4.92. The molecule has 0 bridgehead atoms. The molecule has 0 fully saturated rings. The van der Waals surface area contributed by atoms with E-state index in [9.17, 15) is 0 Å². The zero-order valence-electron chi connectivity index (χ0n) is 8.80. The number of halogens is 1. The fraction of sp³-hybridized carbons (Fsp3) is 0.444. The number of hydrogen-bond acceptors (Lipinski definition) is 5. The van der Waals surface area contributed by atoms with Crippen molar-refractivity contribution >= 4 is 22.9 Å². The van der Waals surface area contributed by atoms with Crippen LogP contribution >= 0.6 is 22.9 Å². The monoisotopic (exact) mass is 257 g/mol. The molecule has 86 valence electrons. The van der Waals surface area contributed by atoms with Gasteiger partial charge >= 0.3 is 0 Å². The first-order valence-corrected chi connectivity index (χ1v) is 6.12. The fourth-order valence-corrected chi connectivity index (χ4v) is 2.48. The minimum atomic E-state index is -0.151. The van der Waals surface area contributed by atoms with E-state index in [1.807, 2.05) is 19.1 Å². The van der Waals surface area contributed by atoms with E-state index in [2.05, 4.69) is 15.5 Å². The van der Waals surface area contributed by atoms with Gasteiger partial charge < -0.3 is 5.73 Å². The average molecular weight is 258 g/mol. The van der Waals surface area contributed by atoms with E-state index in [0.717, 1.165) is 17.3 Å². The molecule has 0 spiro atoms. The smallest absolute Gasteiger partial charge is 0.167 e. The molecular formula is C9H12ClN5S. The highest BCUT2D eigenvalue weighted by atomic mass is 35.5. The second-order valence-electron chi connectivity index (χ2n) is 3.50. The standard InChI is InChI=1S/C9H12ClN5S/c1-6(11)9-12-13-14-15(9)5-4-7-2-3-8(10)16-7/h2-3,6H,4-5,11H2,1H3. The van der Waals surface area contributed by atoms with Crippen LogP contribution in [0.5, 0.6) is 0 Å². The molecule has 2 N–H and O–H groups in total. The van der Waals surface area contributed by atoms with Crippen LogP contribution in [0.15, 0.2) is 12.1 Å². The van der Waals surface area contributed by atoms with Gasteiger partial charge in [0.2, 0.25) is 0 Å². The van der Waals surface area contributed by atoms with Crippen LogP contribution < -0.4 is 5.73 Å². The average Bonchev–Trinajstić information content (AvgIpc) is 2.83. The Kier molecular flexibility index (Phi) is 3.52. The molecule has 5 nitrogen and oxygen atoms in total. The molecule has 2 heterocycles. The molecule has 1 atom stereocenters. The molecule has 1 unspecified atom stereocenters. The third-order valence-electron chi connectivity index (χ3n) is 2.17. The summed E-state index contributed by atoms with van der Waals surface area (Å²) in [6, 6.07) is 3.76. The lowest BCUT2D eigenvalue weighted by Crippen LogP contribution is -2.15. The van der Waals surface area contributed by atoms with Crippen molar-refractivity contribution in [2.24, 2.45) is 5.73 Å². The van der Waals surface area contributed by atoms with Gasteiger partial charge in [0.15, 0.2) is 5.82 Å². The molecule has 0 aromatic carbocycles. The predicted octanol–water partition coefficient (Wildman–Crippen LogP) is 1.65. The van der Waals surface area contributed by atoms with Crippen molar-refractivity contribution in [3.05, 3.63) is 27.2 Å². The van der Waals surface area contributed by atoms with Crippen molar-refractivity contribution in [3.63, 3.8) is 0 Å². The number of nitrogens with zero attached hydrogens (tertiary/aromatic N) is 4. The van der Waals surface area contributed by atoms with E-state index in [0.29, 0.717) is 5.82 Å². The second kappa shape index (κ2) is 4.90. The Hall–Kier alpha value is -0.980. The van der Waals surface area contributed by atoms with Crippen molar-refractivity contribution in [1.82, 2.24) is 20.2 Å². The van der Waals surface area contributed by atoms with Gasteiger partial charge in [0.1, 0.15) is 0 Å². The van der Waals surface area contributed by atoms with Gasteiger partial charge in [-0.3, -0.25) is 0 Å². The maximum absolute atomic E-state index is 5.85. The Balaban J connectivity index is 2.02. The van der Waals surface area contributed by atoms with Crippen LogP contribution in [0.4, 0.5) is 0 Å². The minimum absolute atomic E-state index is 0.151. The van der Waals surface area contributed by atoms with Gasteiger partial charge in [-0.05, 0) is 29.5 Å². The number of aromatic nitrogens is 4. The fourth-order valence-electron chi connectivity index (χ4n) is 1.40. The largest absolute Gasteiger partial charge is 0.322 e. The molecule has 16 heavy (non-hydrogen) atoms. The van der Waals surface area contributed by atoms with Crippen LogP contribution in [0, 0.1) is 0 Å². The Bertz CT molecular complexity index is 464. The summed E-state index contributed by atoms with van der Waals surface area (Å²) in [5.74, 6) is 0.711. The van der Waals surface area contributed by atoms with Crippen molar-refractivity contribution in [1.29, 1.82) is 0 Å². The third-order valence-corrected chi connectivity index (χ3v) is 3.46. The highest BCUT2D eigenvalue weighted by molar-refractivity contribution is 7.16. The molecule has 2 aromatic rings. The quantitative estimate of drug-likeness (QED) is 0.904. The van der Waals surface area contributed by atoms with E-state index in [1.165, 1.54) is 4.88 Å². The van der Waals surface area contributed by atoms with Gasteiger partial charge in [0.05, 0.1) is 10.4 Å². The highest BCUT2D eigenvalue weighted by Gasteiger charge is 2.10. The zero-order valence-corrected chi connectivity index (χ0v) is 10.4. The lowest BCUT2D eigenvalue weighted by Gasteiger charge is -2.05. The summed E-state index contributed by atoms with van der Waals surface area (Å²) in [6.07, 6.45) is 0.863. The van der Waals surface area contributed by atoms with Crippen LogP contribution in [0.2, 0.25) is 4.34 Å². The number of hydrogen-bond donors (Lipinski definition) is 1. The topological polar surface area (TPSA) is 69.6 Å². The Labute approximate surface area is 102 Å². The van der Waals surface area contributed by atoms with Gasteiger partial charge in [0.25, 0.3) is 0 Å². The lowest BCUT2D eigenvalue weighted by atomic mass is 10.3. The Morgan fingerprint density at radius 1 is 1.56 bits per heavy atom. The molecule has 0 amide bonds. The third kappa shape index (κ3) is 2.58. The minimum Gasteiger partial charge on any atom is -0.322 e. The molecule has 7 heteroatoms. The predicted molar refractivity (Wildman–Crippen MR) is 63.5 cm³/mol. The molecule has 0 aliphatic carbocycles. The van der Waals surface area contributed by atoms with Gasteiger partial charge in [-0.15, -0.1) is 16.4 Å². The SMILES string of the molecule is CC(N)c1nnnn1CCc1ccc(Cl)s1. The number of aryl methyl sites for hydroxylation is 2. The summed E-state index contributed by atoms with van der Waals surface area (Å²) in [5.41, 5.74) is 5.75. The molecule has 2 rings (SSSR count). The van der Waals surface area contributed by atoms with Crippen LogP contribution in [0.1, 0.15) is 23.7 Å². The number of nitrogens with two attached hydrogens (primary N) is 1. The van der Waals surface area contributed by atoms with Crippen LogP contribution in [-0.4, -0.2) is 20.2 Å². The Morgan fingerprint density at radius 3 is 3.00 bits per heavy atom. The summed E-state index contributed by atoms with van der Waals surface area (Å²) in [7, 11) is 0. The summed E-state index contributed by atoms with van der Waals surface area (Å²) < 4.78 is 2.54. The summed E-state index contributed by atoms with van der Waals surface area (Å²) >= 11 is 7.43. The van der Waals surface area contributed by atoms with Crippen LogP contribution in [-0.2, 0) is 13.0 Å². The Morgan fingerprint density at radius 2 is 2.38 bits per heavy atom. The summed E-state index contributed by atoms with van der Waals surface area (Å²) in [5, 5.41) is 11.4.